The van der Waals surface area contributed by atoms with Crippen LogP contribution in [0.2, 0.25) is 0 Å². The molecule has 0 saturated heterocycles. The molecule has 2 amide bonds. The summed E-state index contributed by atoms with van der Waals surface area (Å²) in [7, 11) is 1.25. The van der Waals surface area contributed by atoms with Crippen molar-refractivity contribution >= 4 is 28.9 Å². The van der Waals surface area contributed by atoms with E-state index in [0.717, 1.165) is 16.5 Å². The zero-order valence-electron chi connectivity index (χ0n) is 19.1. The van der Waals surface area contributed by atoms with E-state index in [1.54, 1.807) is 33.2 Å². The van der Waals surface area contributed by atoms with E-state index in [2.05, 4.69) is 25.6 Å². The number of esters is 1. The third-order valence-electron chi connectivity index (χ3n) is 4.89. The first-order valence-corrected chi connectivity index (χ1v) is 10.6. The lowest BCUT2D eigenvalue weighted by atomic mass is 10.0. The summed E-state index contributed by atoms with van der Waals surface area (Å²) >= 11 is 0. The molecule has 0 bridgehead atoms. The van der Waals surface area contributed by atoms with E-state index in [9.17, 15) is 14.4 Å². The van der Waals surface area contributed by atoms with Gasteiger partial charge in [-0.1, -0.05) is 18.2 Å². The van der Waals surface area contributed by atoms with Crippen molar-refractivity contribution in [1.29, 1.82) is 0 Å². The molecule has 10 heteroatoms. The summed E-state index contributed by atoms with van der Waals surface area (Å²) in [6, 6.07) is 5.70. The number of aromatic amines is 2. The molecule has 4 N–H and O–H groups in total. The maximum atomic E-state index is 13.2. The topological polar surface area (TPSA) is 138 Å². The second-order valence-electron chi connectivity index (χ2n) is 8.63. The molecule has 33 heavy (non-hydrogen) atoms. The highest BCUT2D eigenvalue weighted by molar-refractivity contribution is 5.91. The van der Waals surface area contributed by atoms with Gasteiger partial charge in [0.1, 0.15) is 17.7 Å². The first kappa shape index (κ1) is 23.8. The fourth-order valence-corrected chi connectivity index (χ4v) is 3.40. The van der Waals surface area contributed by atoms with Crippen LogP contribution in [0, 0.1) is 0 Å². The number of H-pyrrole nitrogens is 2. The summed E-state index contributed by atoms with van der Waals surface area (Å²) in [5.74, 6) is -1.15. The Morgan fingerprint density at radius 3 is 2.48 bits per heavy atom. The van der Waals surface area contributed by atoms with Crippen molar-refractivity contribution in [3.05, 3.63) is 54.2 Å². The van der Waals surface area contributed by atoms with Crippen molar-refractivity contribution in [2.24, 2.45) is 0 Å². The molecule has 2 heterocycles. The molecule has 1 aromatic carbocycles. The minimum absolute atomic E-state index is 0.157. The lowest BCUT2D eigenvalue weighted by Gasteiger charge is -2.24. The number of imidazole rings is 1. The molecule has 0 aliphatic carbocycles. The zero-order chi connectivity index (χ0) is 24.0. The Balaban J connectivity index is 1.82. The number of carbonyl (C=O) groups excluding carboxylic acids is 3. The van der Waals surface area contributed by atoms with E-state index < -0.39 is 35.7 Å². The number of nitrogens with one attached hydrogen (secondary N) is 4. The van der Waals surface area contributed by atoms with E-state index in [0.29, 0.717) is 5.69 Å². The van der Waals surface area contributed by atoms with Crippen LogP contribution in [0.25, 0.3) is 10.9 Å². The van der Waals surface area contributed by atoms with Crippen molar-refractivity contribution in [2.45, 2.75) is 51.3 Å². The Bertz CT molecular complexity index is 1100. The standard InChI is InChI=1S/C23H29N5O5/c1-23(2,3)33-22(31)28-18(9-14-11-25-17-8-6-5-7-16(14)17)20(29)27-19(21(30)32-4)10-15-12-24-13-26-15/h5-8,11-13,18-19,25H,9-10H2,1-4H3,(H,24,26)(H,27,29)(H,28,31)/t18-,19-/m1/s1. The lowest BCUT2D eigenvalue weighted by molar-refractivity contribution is -0.145. The third-order valence-corrected chi connectivity index (χ3v) is 4.89. The second-order valence-corrected chi connectivity index (χ2v) is 8.63. The average Bonchev–Trinajstić information content (AvgIpc) is 3.41. The number of fused-ring (bicyclic) bond motifs is 1. The molecule has 0 unspecified atom stereocenters. The summed E-state index contributed by atoms with van der Waals surface area (Å²) < 4.78 is 10.2. The van der Waals surface area contributed by atoms with E-state index >= 15 is 0 Å². The first-order chi connectivity index (χ1) is 15.7. The van der Waals surface area contributed by atoms with E-state index in [4.69, 9.17) is 9.47 Å². The van der Waals surface area contributed by atoms with Crippen molar-refractivity contribution in [2.75, 3.05) is 7.11 Å². The number of nitrogens with zero attached hydrogens (tertiary/aromatic N) is 1. The Morgan fingerprint density at radius 1 is 1.06 bits per heavy atom. The van der Waals surface area contributed by atoms with Gasteiger partial charge in [-0.3, -0.25) is 4.79 Å². The fraction of sp³-hybridized carbons (Fsp3) is 0.391. The highest BCUT2D eigenvalue weighted by Gasteiger charge is 2.30. The van der Waals surface area contributed by atoms with Crippen LogP contribution in [0.1, 0.15) is 32.0 Å². The number of hydrogen-bond donors (Lipinski definition) is 4. The van der Waals surface area contributed by atoms with Crippen molar-refractivity contribution < 1.29 is 23.9 Å². The average molecular weight is 456 g/mol. The molecule has 3 rings (SSSR count). The molecule has 0 aliphatic heterocycles. The van der Waals surface area contributed by atoms with Crippen LogP contribution in [0.3, 0.4) is 0 Å². The number of alkyl carbamates (subject to hydrolysis) is 1. The predicted octanol–water partition coefficient (Wildman–Crippen LogP) is 2.23. The summed E-state index contributed by atoms with van der Waals surface area (Å²) in [6.45, 7) is 5.21. The summed E-state index contributed by atoms with van der Waals surface area (Å²) in [6.07, 6.45) is 4.45. The Labute approximate surface area is 191 Å². The second kappa shape index (κ2) is 10.2. The van der Waals surface area contributed by atoms with Gasteiger partial charge in [-0.15, -0.1) is 0 Å². The van der Waals surface area contributed by atoms with Gasteiger partial charge in [0.15, 0.2) is 0 Å². The predicted molar refractivity (Wildman–Crippen MR) is 121 cm³/mol. The van der Waals surface area contributed by atoms with Crippen molar-refractivity contribution in [3.8, 4) is 0 Å². The maximum Gasteiger partial charge on any atom is 0.408 e. The van der Waals surface area contributed by atoms with Gasteiger partial charge >= 0.3 is 12.1 Å². The molecule has 176 valence electrons. The van der Waals surface area contributed by atoms with Gasteiger partial charge < -0.3 is 30.1 Å². The maximum absolute atomic E-state index is 13.2. The number of para-hydroxylation sites is 1. The van der Waals surface area contributed by atoms with Crippen LogP contribution >= 0.6 is 0 Å². The van der Waals surface area contributed by atoms with Crippen LogP contribution in [0.15, 0.2) is 43.0 Å². The van der Waals surface area contributed by atoms with E-state index in [-0.39, 0.29) is 12.8 Å². The van der Waals surface area contributed by atoms with Gasteiger partial charge in [0.05, 0.1) is 13.4 Å². The summed E-state index contributed by atoms with van der Waals surface area (Å²) in [5, 5.41) is 6.26. The fourth-order valence-electron chi connectivity index (χ4n) is 3.40. The number of amides is 2. The number of rotatable bonds is 8. The van der Waals surface area contributed by atoms with Crippen LogP contribution in [0.4, 0.5) is 4.79 Å². The van der Waals surface area contributed by atoms with Gasteiger partial charge in [-0.2, -0.15) is 0 Å². The summed E-state index contributed by atoms with van der Waals surface area (Å²) in [5.41, 5.74) is 1.67. The van der Waals surface area contributed by atoms with Crippen LogP contribution < -0.4 is 10.6 Å². The van der Waals surface area contributed by atoms with E-state index in [1.165, 1.54) is 13.4 Å². The Morgan fingerprint density at radius 2 is 1.82 bits per heavy atom. The van der Waals surface area contributed by atoms with Crippen LogP contribution in [-0.4, -0.2) is 57.7 Å². The van der Waals surface area contributed by atoms with Crippen molar-refractivity contribution in [1.82, 2.24) is 25.6 Å². The SMILES string of the molecule is COC(=O)[C@@H](Cc1cnc[nH]1)NC(=O)[C@@H](Cc1c[nH]c2ccccc12)NC(=O)OC(C)(C)C. The third kappa shape index (κ3) is 6.58. The van der Waals surface area contributed by atoms with Crippen molar-refractivity contribution in [3.63, 3.8) is 0 Å². The molecule has 2 atom stereocenters. The van der Waals surface area contributed by atoms with Gasteiger partial charge in [0.2, 0.25) is 5.91 Å². The van der Waals surface area contributed by atoms with Gasteiger partial charge in [-0.25, -0.2) is 14.6 Å². The molecule has 0 saturated carbocycles. The molecule has 0 radical (unpaired) electrons. The zero-order valence-corrected chi connectivity index (χ0v) is 19.1. The quantitative estimate of drug-likeness (QED) is 0.384. The molecule has 0 aliphatic rings. The lowest BCUT2D eigenvalue weighted by Crippen LogP contribution is -2.54. The monoisotopic (exact) mass is 455 g/mol. The number of methoxy groups -OCH3 is 1. The molecule has 10 nitrogen and oxygen atoms in total. The number of hydrogen-bond acceptors (Lipinski definition) is 6. The number of carbonyl (C=O) groups is 3. The largest absolute Gasteiger partial charge is 0.467 e. The summed E-state index contributed by atoms with van der Waals surface area (Å²) in [4.78, 5) is 48.0. The highest BCUT2D eigenvalue weighted by atomic mass is 16.6. The minimum Gasteiger partial charge on any atom is -0.467 e. The molecule has 0 fully saturated rings. The number of aromatic nitrogens is 3. The number of benzene rings is 1. The van der Waals surface area contributed by atoms with E-state index in [1.807, 2.05) is 24.3 Å². The van der Waals surface area contributed by atoms with Gasteiger partial charge in [0.25, 0.3) is 0 Å². The highest BCUT2D eigenvalue weighted by Crippen LogP contribution is 2.19. The number of ether oxygens (including phenoxy) is 2. The smallest absolute Gasteiger partial charge is 0.408 e. The molecular weight excluding hydrogens is 426 g/mol. The molecule has 0 spiro atoms. The Kier molecular flexibility index (Phi) is 7.37. The van der Waals surface area contributed by atoms with Crippen LogP contribution in [-0.2, 0) is 31.9 Å². The van der Waals surface area contributed by atoms with Gasteiger partial charge in [-0.05, 0) is 32.4 Å². The van der Waals surface area contributed by atoms with Crippen LogP contribution in [0.5, 0.6) is 0 Å². The first-order valence-electron chi connectivity index (χ1n) is 10.6. The molecule has 2 aromatic heterocycles. The Hall–Kier alpha value is -3.82. The minimum atomic E-state index is -0.993. The van der Waals surface area contributed by atoms with Gasteiger partial charge in [0, 0.05) is 41.8 Å². The molecular formula is C23H29N5O5. The molecule has 3 aromatic rings. The normalized spacial score (nSPS) is 13.2.